The van der Waals surface area contributed by atoms with Gasteiger partial charge in [-0.1, -0.05) is 56.0 Å². The number of hydrogen-bond acceptors (Lipinski definition) is 1. The first kappa shape index (κ1) is 13.6. The normalized spacial score (nSPS) is 25.9. The van der Waals surface area contributed by atoms with E-state index >= 15 is 0 Å². The van der Waals surface area contributed by atoms with Gasteiger partial charge in [0, 0.05) is 12.1 Å². The third kappa shape index (κ3) is 3.35. The van der Waals surface area contributed by atoms with Crippen molar-refractivity contribution in [1.82, 2.24) is 5.32 Å². The standard InChI is InChI=1S/C17H27N/c1-4-15-9-5-6-11-17(15)18-14(3)16-10-7-8-13(2)12-16/h7-8,10,12,14-15,17-18H,4-6,9,11H2,1-3H3. The fraction of sp³-hybridized carbons (Fsp3) is 0.647. The average molecular weight is 245 g/mol. The lowest BCUT2D eigenvalue weighted by atomic mass is 9.82. The molecule has 18 heavy (non-hydrogen) atoms. The fourth-order valence-electron chi connectivity index (χ4n) is 3.27. The molecule has 1 saturated carbocycles. The molecular formula is C17H27N. The summed E-state index contributed by atoms with van der Waals surface area (Å²) in [5, 5.41) is 3.86. The SMILES string of the molecule is CCC1CCCCC1NC(C)c1cccc(C)c1. The topological polar surface area (TPSA) is 12.0 Å². The third-order valence-electron chi connectivity index (χ3n) is 4.44. The van der Waals surface area contributed by atoms with Crippen LogP contribution < -0.4 is 5.32 Å². The van der Waals surface area contributed by atoms with Crippen LogP contribution in [0.25, 0.3) is 0 Å². The van der Waals surface area contributed by atoms with Gasteiger partial charge >= 0.3 is 0 Å². The quantitative estimate of drug-likeness (QED) is 0.816. The molecular weight excluding hydrogens is 218 g/mol. The molecule has 1 heteroatoms. The van der Waals surface area contributed by atoms with Gasteiger partial charge in [-0.05, 0) is 38.2 Å². The monoisotopic (exact) mass is 245 g/mol. The molecule has 1 aromatic carbocycles. The molecule has 0 amide bonds. The first-order valence-corrected chi connectivity index (χ1v) is 7.53. The van der Waals surface area contributed by atoms with Crippen molar-refractivity contribution in [1.29, 1.82) is 0 Å². The van der Waals surface area contributed by atoms with E-state index in [0.717, 1.165) is 12.0 Å². The van der Waals surface area contributed by atoms with Crippen LogP contribution in [0.1, 0.15) is 63.1 Å². The summed E-state index contributed by atoms with van der Waals surface area (Å²) in [5.41, 5.74) is 2.78. The van der Waals surface area contributed by atoms with Gasteiger partial charge in [-0.2, -0.15) is 0 Å². The third-order valence-corrected chi connectivity index (χ3v) is 4.44. The molecule has 2 rings (SSSR count). The molecule has 3 atom stereocenters. The van der Waals surface area contributed by atoms with Crippen molar-refractivity contribution < 1.29 is 0 Å². The van der Waals surface area contributed by atoms with E-state index in [4.69, 9.17) is 0 Å². The molecule has 0 spiro atoms. The number of hydrogen-bond donors (Lipinski definition) is 1. The summed E-state index contributed by atoms with van der Waals surface area (Å²) in [7, 11) is 0. The van der Waals surface area contributed by atoms with E-state index in [2.05, 4.69) is 50.4 Å². The van der Waals surface area contributed by atoms with E-state index in [1.807, 2.05) is 0 Å². The molecule has 1 aliphatic carbocycles. The Morgan fingerprint density at radius 3 is 2.78 bits per heavy atom. The van der Waals surface area contributed by atoms with Gasteiger partial charge < -0.3 is 5.32 Å². The molecule has 0 aromatic heterocycles. The predicted molar refractivity (Wildman–Crippen MR) is 78.8 cm³/mol. The van der Waals surface area contributed by atoms with E-state index in [9.17, 15) is 0 Å². The van der Waals surface area contributed by atoms with E-state index < -0.39 is 0 Å². The van der Waals surface area contributed by atoms with E-state index in [-0.39, 0.29) is 0 Å². The van der Waals surface area contributed by atoms with Crippen molar-refractivity contribution in [2.45, 2.75) is 65.0 Å². The lowest BCUT2D eigenvalue weighted by molar-refractivity contribution is 0.240. The molecule has 0 heterocycles. The van der Waals surface area contributed by atoms with E-state index in [1.165, 1.54) is 43.2 Å². The zero-order valence-electron chi connectivity index (χ0n) is 12.1. The molecule has 1 aliphatic rings. The van der Waals surface area contributed by atoms with Crippen molar-refractivity contribution in [3.05, 3.63) is 35.4 Å². The molecule has 1 N–H and O–H groups in total. The minimum absolute atomic E-state index is 0.474. The highest BCUT2D eigenvalue weighted by Crippen LogP contribution is 2.28. The van der Waals surface area contributed by atoms with Gasteiger partial charge in [-0.15, -0.1) is 0 Å². The number of aryl methyl sites for hydroxylation is 1. The molecule has 0 radical (unpaired) electrons. The lowest BCUT2D eigenvalue weighted by Gasteiger charge is -2.34. The largest absolute Gasteiger partial charge is 0.307 e. The highest BCUT2D eigenvalue weighted by Gasteiger charge is 2.24. The summed E-state index contributed by atoms with van der Waals surface area (Å²) in [6.07, 6.45) is 6.91. The van der Waals surface area contributed by atoms with Crippen LogP contribution in [-0.4, -0.2) is 6.04 Å². The Balaban J connectivity index is 1.99. The maximum atomic E-state index is 3.86. The second kappa shape index (κ2) is 6.38. The highest BCUT2D eigenvalue weighted by atomic mass is 15.0. The van der Waals surface area contributed by atoms with Crippen molar-refractivity contribution in [3.8, 4) is 0 Å². The summed E-state index contributed by atoms with van der Waals surface area (Å²) < 4.78 is 0. The van der Waals surface area contributed by atoms with Crippen LogP contribution in [0.5, 0.6) is 0 Å². The van der Waals surface area contributed by atoms with Gasteiger partial charge in [-0.3, -0.25) is 0 Å². The lowest BCUT2D eigenvalue weighted by Crippen LogP contribution is -2.39. The van der Waals surface area contributed by atoms with Crippen LogP contribution in [0.4, 0.5) is 0 Å². The molecule has 1 fully saturated rings. The first-order chi connectivity index (χ1) is 8.70. The van der Waals surface area contributed by atoms with Crippen molar-refractivity contribution in [2.75, 3.05) is 0 Å². The fourth-order valence-corrected chi connectivity index (χ4v) is 3.27. The molecule has 1 aromatic rings. The van der Waals surface area contributed by atoms with Crippen molar-refractivity contribution in [2.24, 2.45) is 5.92 Å². The highest BCUT2D eigenvalue weighted by molar-refractivity contribution is 5.24. The van der Waals surface area contributed by atoms with Gasteiger partial charge in [0.25, 0.3) is 0 Å². The van der Waals surface area contributed by atoms with Crippen molar-refractivity contribution in [3.63, 3.8) is 0 Å². The summed E-state index contributed by atoms with van der Waals surface area (Å²) >= 11 is 0. The van der Waals surface area contributed by atoms with Gasteiger partial charge in [0.05, 0.1) is 0 Å². The summed E-state index contributed by atoms with van der Waals surface area (Å²) in [5.74, 6) is 0.881. The van der Waals surface area contributed by atoms with Crippen LogP contribution in [0.2, 0.25) is 0 Å². The van der Waals surface area contributed by atoms with Gasteiger partial charge in [0.15, 0.2) is 0 Å². The van der Waals surface area contributed by atoms with E-state index in [1.54, 1.807) is 0 Å². The molecule has 3 unspecified atom stereocenters. The minimum atomic E-state index is 0.474. The predicted octanol–water partition coefficient (Wildman–Crippen LogP) is 4.61. The molecule has 100 valence electrons. The summed E-state index contributed by atoms with van der Waals surface area (Å²) in [6.45, 7) is 6.81. The molecule has 1 nitrogen and oxygen atoms in total. The maximum Gasteiger partial charge on any atom is 0.0294 e. The van der Waals surface area contributed by atoms with E-state index in [0.29, 0.717) is 6.04 Å². The molecule has 0 aliphatic heterocycles. The second-order valence-corrected chi connectivity index (χ2v) is 5.86. The first-order valence-electron chi connectivity index (χ1n) is 7.53. The van der Waals surface area contributed by atoms with Crippen LogP contribution in [0, 0.1) is 12.8 Å². The Labute approximate surface area is 112 Å². The van der Waals surface area contributed by atoms with Gasteiger partial charge in [0.1, 0.15) is 0 Å². The van der Waals surface area contributed by atoms with Crippen LogP contribution >= 0.6 is 0 Å². The Morgan fingerprint density at radius 2 is 2.06 bits per heavy atom. The zero-order chi connectivity index (χ0) is 13.0. The smallest absolute Gasteiger partial charge is 0.0294 e. The Bertz CT molecular complexity index is 372. The van der Waals surface area contributed by atoms with Gasteiger partial charge in [-0.25, -0.2) is 0 Å². The van der Waals surface area contributed by atoms with Gasteiger partial charge in [0.2, 0.25) is 0 Å². The minimum Gasteiger partial charge on any atom is -0.307 e. The summed E-state index contributed by atoms with van der Waals surface area (Å²) in [6, 6.07) is 10.1. The van der Waals surface area contributed by atoms with Crippen LogP contribution in [-0.2, 0) is 0 Å². The summed E-state index contributed by atoms with van der Waals surface area (Å²) in [4.78, 5) is 0. The Hall–Kier alpha value is -0.820. The second-order valence-electron chi connectivity index (χ2n) is 5.86. The Morgan fingerprint density at radius 1 is 1.28 bits per heavy atom. The number of rotatable bonds is 4. The van der Waals surface area contributed by atoms with Crippen molar-refractivity contribution >= 4 is 0 Å². The maximum absolute atomic E-state index is 3.86. The number of benzene rings is 1. The zero-order valence-corrected chi connectivity index (χ0v) is 12.1. The molecule has 0 saturated heterocycles. The van der Waals surface area contributed by atoms with Crippen LogP contribution in [0.15, 0.2) is 24.3 Å². The Kier molecular flexibility index (Phi) is 4.82. The average Bonchev–Trinajstić information content (AvgIpc) is 2.39. The van der Waals surface area contributed by atoms with Crippen LogP contribution in [0.3, 0.4) is 0 Å². The molecule has 0 bridgehead atoms. The number of nitrogens with one attached hydrogen (secondary N) is 1.